The minimum Gasteiger partial charge on any atom is -0.366 e. The van der Waals surface area contributed by atoms with Gasteiger partial charge >= 0.3 is 0 Å². The van der Waals surface area contributed by atoms with Gasteiger partial charge in [-0.3, -0.25) is 0 Å². The molecule has 5 aromatic carbocycles. The van der Waals surface area contributed by atoms with E-state index in [0.717, 1.165) is 61.2 Å². The molecular weight excluding hydrogens is 681 g/mol. The number of rotatable bonds is 6. The van der Waals surface area contributed by atoms with Gasteiger partial charge in [0.1, 0.15) is 15.4 Å². The molecule has 52 heavy (non-hydrogen) atoms. The van der Waals surface area contributed by atoms with Crippen LogP contribution < -0.4 is 0 Å². The molecule has 0 atom stereocenters. The molecule has 0 N–H and O–H groups in total. The average molecular weight is 729 g/mol. The van der Waals surface area contributed by atoms with Crippen molar-refractivity contribution in [1.29, 1.82) is 0 Å². The molecule has 0 saturated heterocycles. The lowest BCUT2D eigenvalue weighted by Gasteiger charge is -2.19. The molecule has 6 aromatic rings. The molecule has 4 nitrogen and oxygen atoms in total. The van der Waals surface area contributed by atoms with Crippen LogP contribution in [0.1, 0.15) is 90.1 Å². The molecule has 0 aliphatic carbocycles. The van der Waals surface area contributed by atoms with Crippen molar-refractivity contribution < 1.29 is 17.9 Å². The van der Waals surface area contributed by atoms with Crippen LogP contribution in [0.25, 0.3) is 42.4 Å². The highest BCUT2D eigenvalue weighted by atomic mass is 32.2. The maximum atomic E-state index is 14.1. The molecule has 6 rings (SSSR count). The molecule has 268 valence electrons. The van der Waals surface area contributed by atoms with Gasteiger partial charge in [-0.25, -0.2) is 8.42 Å². The Morgan fingerprint density at radius 1 is 0.615 bits per heavy atom. The second-order valence-corrected chi connectivity index (χ2v) is 18.8. The van der Waals surface area contributed by atoms with Crippen LogP contribution in [-0.2, 0) is 37.6 Å². The third-order valence-electron chi connectivity index (χ3n) is 10.1. The lowest BCUT2D eigenvalue weighted by atomic mass is 9.87. The maximum absolute atomic E-state index is 14.1. The fourth-order valence-corrected chi connectivity index (χ4v) is 9.31. The molecule has 0 bridgehead atoms. The fraction of sp³-hybridized carbons (Fsp3) is 0.348. The van der Waals surface area contributed by atoms with E-state index in [0.29, 0.717) is 4.21 Å². The molecule has 0 aliphatic rings. The number of benzene rings is 5. The first kappa shape index (κ1) is 37.6. The van der Waals surface area contributed by atoms with E-state index in [1.54, 1.807) is 32.4 Å². The van der Waals surface area contributed by atoms with Crippen molar-refractivity contribution in [3.8, 4) is 23.7 Å². The summed E-state index contributed by atoms with van der Waals surface area (Å²) in [5, 5.41) is 7.11. The van der Waals surface area contributed by atoms with Crippen LogP contribution in [0.4, 0.5) is 0 Å². The highest BCUT2D eigenvalue weighted by molar-refractivity contribution is 7.93. The molecule has 1 heterocycles. The van der Waals surface area contributed by atoms with Gasteiger partial charge in [0.25, 0.3) is 0 Å². The van der Waals surface area contributed by atoms with Crippen molar-refractivity contribution in [2.75, 3.05) is 14.2 Å². The van der Waals surface area contributed by atoms with Gasteiger partial charge in [-0.2, -0.15) is 0 Å². The van der Waals surface area contributed by atoms with Gasteiger partial charge in [0.15, 0.2) is 0 Å². The highest BCUT2D eigenvalue weighted by Crippen LogP contribution is 2.42. The zero-order valence-corrected chi connectivity index (χ0v) is 33.8. The summed E-state index contributed by atoms with van der Waals surface area (Å²) in [5.41, 5.74) is 3.93. The van der Waals surface area contributed by atoms with Crippen molar-refractivity contribution in [2.24, 2.45) is 0 Å². The first-order chi connectivity index (χ1) is 24.4. The summed E-state index contributed by atoms with van der Waals surface area (Å²) in [5.74, 6) is 13.9. The Morgan fingerprint density at radius 3 is 1.52 bits per heavy atom. The van der Waals surface area contributed by atoms with Gasteiger partial charge < -0.3 is 9.47 Å². The molecule has 0 aliphatic heterocycles. The summed E-state index contributed by atoms with van der Waals surface area (Å²) in [6.45, 7) is 18.6. The number of thiophene rings is 1. The fourth-order valence-electron chi connectivity index (χ4n) is 6.49. The molecule has 0 spiro atoms. The first-order valence-corrected chi connectivity index (χ1v) is 20.2. The zero-order chi connectivity index (χ0) is 37.8. The number of sulfone groups is 1. The zero-order valence-electron chi connectivity index (χ0n) is 32.2. The van der Waals surface area contributed by atoms with Crippen molar-refractivity contribution in [3.63, 3.8) is 0 Å². The number of ether oxygens (including phenoxy) is 2. The highest BCUT2D eigenvalue weighted by Gasteiger charge is 2.24. The second kappa shape index (κ2) is 13.7. The Balaban J connectivity index is 1.75. The van der Waals surface area contributed by atoms with Crippen LogP contribution in [-0.4, -0.2) is 33.8 Å². The van der Waals surface area contributed by atoms with Crippen LogP contribution in [0.15, 0.2) is 75.8 Å². The Kier molecular flexibility index (Phi) is 9.88. The van der Waals surface area contributed by atoms with Crippen LogP contribution in [0.3, 0.4) is 0 Å². The SMILES string of the molecule is CCc1ccc(CC)c2cc3c(C#CC(C)(C)OC)c4cc5sc(S(=O)(=O)c6ccc(C(C)(C)C)cc6)cc5cc4c(C#CC(C)(C)OC)c3cc12. The number of methoxy groups -OCH3 is 2. The molecule has 0 fully saturated rings. The Labute approximate surface area is 313 Å². The average Bonchev–Trinajstić information content (AvgIpc) is 3.55. The summed E-state index contributed by atoms with van der Waals surface area (Å²) in [4.78, 5) is 0.286. The standard InChI is InChI=1S/C46H48O4S2/c1-12-29-14-15-30(13-2)37-27-40-35(21-23-46(8,9)50-11)41-28-42-31(24-38(41)34(39(40)26-36(29)37)20-22-45(6,7)49-10)25-43(51-42)52(47,48)33-18-16-32(17-19-33)44(3,4)5/h14-19,24-28H,12-13H2,1-11H3. The predicted molar refractivity (Wildman–Crippen MR) is 220 cm³/mol. The molecule has 6 heteroatoms. The summed E-state index contributed by atoms with van der Waals surface area (Å²) in [6.07, 6.45) is 1.80. The van der Waals surface area contributed by atoms with Crippen LogP contribution in [0.5, 0.6) is 0 Å². The molecule has 1 aromatic heterocycles. The third-order valence-corrected chi connectivity index (χ3v) is 13.4. The van der Waals surface area contributed by atoms with Gasteiger partial charge in [-0.05, 0) is 137 Å². The summed E-state index contributed by atoms with van der Waals surface area (Å²) in [7, 11) is -0.421. The molecule has 0 amide bonds. The molecule has 0 saturated carbocycles. The van der Waals surface area contributed by atoms with Crippen LogP contribution >= 0.6 is 11.3 Å². The Bertz CT molecular complexity index is 2470. The van der Waals surface area contributed by atoms with Gasteiger partial charge in [-0.15, -0.1) is 11.3 Å². The van der Waals surface area contributed by atoms with E-state index in [1.165, 1.54) is 33.2 Å². The van der Waals surface area contributed by atoms with Crippen molar-refractivity contribution in [2.45, 2.75) is 101 Å². The lowest BCUT2D eigenvalue weighted by molar-refractivity contribution is 0.0739. The number of aryl methyl sites for hydroxylation is 2. The monoisotopic (exact) mass is 728 g/mol. The van der Waals surface area contributed by atoms with Crippen LogP contribution in [0.2, 0.25) is 0 Å². The predicted octanol–water partition coefficient (Wildman–Crippen LogP) is 11.2. The van der Waals surface area contributed by atoms with E-state index >= 15 is 0 Å². The van der Waals surface area contributed by atoms with E-state index in [9.17, 15) is 8.42 Å². The largest absolute Gasteiger partial charge is 0.366 e. The van der Waals surface area contributed by atoms with Crippen LogP contribution in [0, 0.1) is 23.7 Å². The van der Waals surface area contributed by atoms with Crippen molar-refractivity contribution in [3.05, 3.63) is 94.5 Å². The molecule has 0 unspecified atom stereocenters. The van der Waals surface area contributed by atoms with E-state index in [-0.39, 0.29) is 10.3 Å². The van der Waals surface area contributed by atoms with Gasteiger partial charge in [0.05, 0.1) is 4.90 Å². The Hall–Kier alpha value is -4.17. The third kappa shape index (κ3) is 6.99. The number of fused-ring (bicyclic) bond motifs is 4. The summed E-state index contributed by atoms with van der Waals surface area (Å²) < 4.78 is 40.8. The summed E-state index contributed by atoms with van der Waals surface area (Å²) >= 11 is 1.29. The molecular formula is C46H48O4S2. The van der Waals surface area contributed by atoms with Crippen molar-refractivity contribution >= 4 is 63.6 Å². The van der Waals surface area contributed by atoms with Crippen molar-refractivity contribution in [1.82, 2.24) is 0 Å². The van der Waals surface area contributed by atoms with Gasteiger partial charge in [0, 0.05) is 35.4 Å². The summed E-state index contributed by atoms with van der Waals surface area (Å²) in [6, 6.07) is 22.3. The number of hydrogen-bond acceptors (Lipinski definition) is 5. The first-order valence-electron chi connectivity index (χ1n) is 17.9. The topological polar surface area (TPSA) is 52.6 Å². The number of hydrogen-bond donors (Lipinski definition) is 0. The van der Waals surface area contributed by atoms with E-state index in [1.807, 2.05) is 39.8 Å². The minimum absolute atomic E-state index is 0.0796. The smallest absolute Gasteiger partial charge is 0.215 e. The lowest BCUT2D eigenvalue weighted by Crippen LogP contribution is -2.19. The normalized spacial score (nSPS) is 12.7. The van der Waals surface area contributed by atoms with Gasteiger partial charge in [0.2, 0.25) is 9.84 Å². The Morgan fingerprint density at radius 2 is 1.08 bits per heavy atom. The quantitative estimate of drug-likeness (QED) is 0.127. The van der Waals surface area contributed by atoms with Gasteiger partial charge in [-0.1, -0.05) is 82.6 Å². The van der Waals surface area contributed by atoms with E-state index < -0.39 is 21.0 Å². The van der Waals surface area contributed by atoms with E-state index in [2.05, 4.69) is 94.7 Å². The molecule has 0 radical (unpaired) electrons. The van der Waals surface area contributed by atoms with E-state index in [4.69, 9.17) is 9.47 Å². The maximum Gasteiger partial charge on any atom is 0.215 e. The minimum atomic E-state index is -3.76. The second-order valence-electron chi connectivity index (χ2n) is 15.5.